The zero-order valence-electron chi connectivity index (χ0n) is 12.3. The van der Waals surface area contributed by atoms with Gasteiger partial charge in [0.25, 0.3) is 0 Å². The number of fused-ring (bicyclic) bond motifs is 1. The molecule has 0 atom stereocenters. The second-order valence-electron chi connectivity index (χ2n) is 5.20. The number of ether oxygens (including phenoxy) is 1. The minimum Gasteiger partial charge on any atom is -0.437 e. The van der Waals surface area contributed by atoms with E-state index in [1.807, 2.05) is 41.8 Å². The molecule has 3 aromatic rings. The zero-order valence-corrected chi connectivity index (χ0v) is 12.3. The summed E-state index contributed by atoms with van der Waals surface area (Å²) in [7, 11) is 0. The molecule has 0 aliphatic carbocycles. The van der Waals surface area contributed by atoms with Gasteiger partial charge in [0.1, 0.15) is 11.4 Å². The van der Waals surface area contributed by atoms with Gasteiger partial charge in [-0.1, -0.05) is 18.2 Å². The molecule has 0 radical (unpaired) electrons. The second-order valence-corrected chi connectivity index (χ2v) is 5.20. The predicted octanol–water partition coefficient (Wildman–Crippen LogP) is 3.24. The number of benzene rings is 1. The highest BCUT2D eigenvalue weighted by molar-refractivity contribution is 5.48. The van der Waals surface area contributed by atoms with Crippen LogP contribution in [-0.4, -0.2) is 15.9 Å². The lowest BCUT2D eigenvalue weighted by molar-refractivity contribution is 0.455. The Morgan fingerprint density at radius 1 is 1.19 bits per heavy atom. The summed E-state index contributed by atoms with van der Waals surface area (Å²) in [6, 6.07) is 12.1. The third-order valence-corrected chi connectivity index (χ3v) is 3.52. The molecule has 3 rings (SSSR count). The van der Waals surface area contributed by atoms with Gasteiger partial charge in [0, 0.05) is 12.6 Å². The van der Waals surface area contributed by atoms with Crippen molar-refractivity contribution in [1.29, 1.82) is 0 Å². The first-order valence-electron chi connectivity index (χ1n) is 7.10. The molecule has 2 N–H and O–H groups in total. The van der Waals surface area contributed by atoms with Gasteiger partial charge in [0.2, 0.25) is 5.88 Å². The molecule has 0 amide bonds. The molecule has 0 unspecified atom stereocenters. The van der Waals surface area contributed by atoms with Crippen molar-refractivity contribution in [3.63, 3.8) is 0 Å². The molecule has 4 nitrogen and oxygen atoms in total. The summed E-state index contributed by atoms with van der Waals surface area (Å²) in [6.45, 7) is 4.65. The number of nitrogens with zero attached hydrogens (tertiary/aromatic N) is 2. The molecule has 4 heteroatoms. The maximum atomic E-state index is 6.07. The summed E-state index contributed by atoms with van der Waals surface area (Å²) < 4.78 is 8.11. The van der Waals surface area contributed by atoms with Crippen LogP contribution in [0.1, 0.15) is 16.8 Å². The SMILES string of the molecule is Cc1ccc(C)c(Oc2nc3ccccn3c2CCN)c1. The zero-order chi connectivity index (χ0) is 14.8. The first-order chi connectivity index (χ1) is 10.2. The van der Waals surface area contributed by atoms with E-state index in [0.29, 0.717) is 12.4 Å². The van der Waals surface area contributed by atoms with E-state index >= 15 is 0 Å². The fourth-order valence-corrected chi connectivity index (χ4v) is 2.39. The van der Waals surface area contributed by atoms with E-state index in [4.69, 9.17) is 10.5 Å². The van der Waals surface area contributed by atoms with Gasteiger partial charge in [-0.2, -0.15) is 4.98 Å². The molecule has 0 fully saturated rings. The Morgan fingerprint density at radius 2 is 2.05 bits per heavy atom. The number of hydrogen-bond donors (Lipinski definition) is 1. The normalized spacial score (nSPS) is 11.0. The van der Waals surface area contributed by atoms with Crippen LogP contribution in [0.4, 0.5) is 0 Å². The average molecular weight is 281 g/mol. The van der Waals surface area contributed by atoms with Gasteiger partial charge in [-0.25, -0.2) is 0 Å². The summed E-state index contributed by atoms with van der Waals surface area (Å²) in [6.07, 6.45) is 2.72. The lowest BCUT2D eigenvalue weighted by Crippen LogP contribution is -2.06. The maximum absolute atomic E-state index is 6.07. The van der Waals surface area contributed by atoms with Gasteiger partial charge >= 0.3 is 0 Å². The van der Waals surface area contributed by atoms with E-state index in [0.717, 1.165) is 29.1 Å². The Bertz CT molecular complexity index is 777. The second kappa shape index (κ2) is 5.58. The van der Waals surface area contributed by atoms with Crippen molar-refractivity contribution in [3.05, 3.63) is 59.4 Å². The number of pyridine rings is 1. The summed E-state index contributed by atoms with van der Waals surface area (Å²) in [5, 5.41) is 0. The Morgan fingerprint density at radius 3 is 2.86 bits per heavy atom. The molecule has 0 aliphatic rings. The molecular weight excluding hydrogens is 262 g/mol. The van der Waals surface area contributed by atoms with Crippen LogP contribution < -0.4 is 10.5 Å². The average Bonchev–Trinajstić information content (AvgIpc) is 2.81. The standard InChI is InChI=1S/C17H19N3O/c1-12-6-7-13(2)15(11-12)21-17-14(8-9-18)20-10-4-3-5-16(20)19-17/h3-7,10-11H,8-9,18H2,1-2H3. The van der Waals surface area contributed by atoms with Gasteiger partial charge in [0.05, 0.1) is 5.69 Å². The van der Waals surface area contributed by atoms with E-state index in [2.05, 4.69) is 24.0 Å². The minimum absolute atomic E-state index is 0.561. The van der Waals surface area contributed by atoms with Crippen LogP contribution in [0.3, 0.4) is 0 Å². The van der Waals surface area contributed by atoms with Crippen molar-refractivity contribution in [2.24, 2.45) is 5.73 Å². The molecule has 0 spiro atoms. The van der Waals surface area contributed by atoms with Gasteiger partial charge in [0.15, 0.2) is 0 Å². The van der Waals surface area contributed by atoms with Gasteiger partial charge in [-0.05, 0) is 49.7 Å². The number of aryl methyl sites for hydroxylation is 2. The van der Waals surface area contributed by atoms with Crippen LogP contribution >= 0.6 is 0 Å². The third-order valence-electron chi connectivity index (χ3n) is 3.52. The molecule has 2 heterocycles. The highest BCUT2D eigenvalue weighted by Gasteiger charge is 2.14. The Kier molecular flexibility index (Phi) is 3.62. The molecule has 2 aromatic heterocycles. The summed E-state index contributed by atoms with van der Waals surface area (Å²) in [5.41, 5.74) is 9.88. The van der Waals surface area contributed by atoms with Crippen LogP contribution in [0.5, 0.6) is 11.6 Å². The van der Waals surface area contributed by atoms with E-state index in [1.165, 1.54) is 5.56 Å². The summed E-state index contributed by atoms with van der Waals surface area (Å²) in [5.74, 6) is 1.48. The van der Waals surface area contributed by atoms with Crippen LogP contribution in [-0.2, 0) is 6.42 Å². The molecule has 0 aliphatic heterocycles. The van der Waals surface area contributed by atoms with Crippen LogP contribution in [0.2, 0.25) is 0 Å². The van der Waals surface area contributed by atoms with E-state index in [9.17, 15) is 0 Å². The molecule has 1 aromatic carbocycles. The van der Waals surface area contributed by atoms with E-state index < -0.39 is 0 Å². The molecule has 0 bridgehead atoms. The van der Waals surface area contributed by atoms with Gasteiger partial charge in [-0.3, -0.25) is 0 Å². The van der Waals surface area contributed by atoms with Crippen LogP contribution in [0, 0.1) is 13.8 Å². The smallest absolute Gasteiger partial charge is 0.241 e. The maximum Gasteiger partial charge on any atom is 0.241 e. The fraction of sp³-hybridized carbons (Fsp3) is 0.235. The highest BCUT2D eigenvalue weighted by Crippen LogP contribution is 2.29. The van der Waals surface area contributed by atoms with Crippen molar-refractivity contribution >= 4 is 5.65 Å². The first-order valence-corrected chi connectivity index (χ1v) is 7.10. The number of nitrogens with two attached hydrogens (primary N) is 1. The Labute approximate surface area is 124 Å². The number of imidazole rings is 1. The minimum atomic E-state index is 0.561. The van der Waals surface area contributed by atoms with Gasteiger partial charge in [-0.15, -0.1) is 0 Å². The monoisotopic (exact) mass is 281 g/mol. The van der Waals surface area contributed by atoms with E-state index in [1.54, 1.807) is 0 Å². The molecular formula is C17H19N3O. The number of hydrogen-bond acceptors (Lipinski definition) is 3. The van der Waals surface area contributed by atoms with Crippen LogP contribution in [0.15, 0.2) is 42.6 Å². The molecule has 108 valence electrons. The lowest BCUT2D eigenvalue weighted by Gasteiger charge is -2.09. The van der Waals surface area contributed by atoms with Crippen LogP contribution in [0.25, 0.3) is 5.65 Å². The van der Waals surface area contributed by atoms with Gasteiger partial charge < -0.3 is 14.9 Å². The van der Waals surface area contributed by atoms with Crippen molar-refractivity contribution in [1.82, 2.24) is 9.38 Å². The largest absolute Gasteiger partial charge is 0.437 e. The van der Waals surface area contributed by atoms with Crippen molar-refractivity contribution in [2.75, 3.05) is 6.54 Å². The number of rotatable bonds is 4. The van der Waals surface area contributed by atoms with Crippen molar-refractivity contribution < 1.29 is 4.74 Å². The molecule has 0 saturated heterocycles. The third kappa shape index (κ3) is 2.62. The highest BCUT2D eigenvalue weighted by atomic mass is 16.5. The fourth-order valence-electron chi connectivity index (χ4n) is 2.39. The number of aromatic nitrogens is 2. The predicted molar refractivity (Wildman–Crippen MR) is 83.9 cm³/mol. The molecule has 0 saturated carbocycles. The summed E-state index contributed by atoms with van der Waals surface area (Å²) in [4.78, 5) is 4.58. The molecule has 21 heavy (non-hydrogen) atoms. The Hall–Kier alpha value is -2.33. The van der Waals surface area contributed by atoms with Crippen molar-refractivity contribution in [3.8, 4) is 11.6 Å². The quantitative estimate of drug-likeness (QED) is 0.798. The topological polar surface area (TPSA) is 52.5 Å². The summed E-state index contributed by atoms with van der Waals surface area (Å²) >= 11 is 0. The van der Waals surface area contributed by atoms with E-state index in [-0.39, 0.29) is 0 Å². The van der Waals surface area contributed by atoms with Crippen molar-refractivity contribution in [2.45, 2.75) is 20.3 Å². The lowest BCUT2D eigenvalue weighted by atomic mass is 10.1. The Balaban J connectivity index is 2.07. The first kappa shape index (κ1) is 13.6.